The van der Waals surface area contributed by atoms with E-state index in [0.29, 0.717) is 22.2 Å². The van der Waals surface area contributed by atoms with Gasteiger partial charge in [-0.05, 0) is 54.6 Å². The molecule has 0 saturated carbocycles. The molecule has 6 nitrogen and oxygen atoms in total. The van der Waals surface area contributed by atoms with Gasteiger partial charge < -0.3 is 10.2 Å². The molecular weight excluding hydrogens is 378 g/mol. The van der Waals surface area contributed by atoms with E-state index < -0.39 is 17.7 Å². The number of imide groups is 1. The molecular formula is C24H21N3O3. The first kappa shape index (κ1) is 18.4. The Hall–Kier alpha value is -3.67. The number of nitrogens with one attached hydrogen (secondary N) is 1. The second-order valence-corrected chi connectivity index (χ2v) is 7.69. The van der Waals surface area contributed by atoms with Crippen LogP contribution in [0.4, 0.5) is 11.4 Å². The van der Waals surface area contributed by atoms with E-state index in [4.69, 9.17) is 0 Å². The predicted molar refractivity (Wildman–Crippen MR) is 116 cm³/mol. The molecule has 2 aliphatic rings. The molecule has 3 amide bonds. The third kappa shape index (κ3) is 3.10. The monoisotopic (exact) mass is 399 g/mol. The van der Waals surface area contributed by atoms with Crippen LogP contribution < -0.4 is 10.2 Å². The van der Waals surface area contributed by atoms with E-state index in [1.54, 1.807) is 24.3 Å². The zero-order chi connectivity index (χ0) is 20.7. The highest BCUT2D eigenvalue weighted by Crippen LogP contribution is 2.30. The molecule has 0 unspecified atom stereocenters. The summed E-state index contributed by atoms with van der Waals surface area (Å²) in [5, 5.41) is 4.29. The maximum atomic E-state index is 12.9. The van der Waals surface area contributed by atoms with Crippen molar-refractivity contribution in [2.75, 3.05) is 29.9 Å². The Kier molecular flexibility index (Phi) is 4.47. The van der Waals surface area contributed by atoms with Crippen molar-refractivity contribution in [3.8, 4) is 0 Å². The molecule has 2 heterocycles. The van der Waals surface area contributed by atoms with Gasteiger partial charge in [0.2, 0.25) is 5.91 Å². The number of amides is 3. The van der Waals surface area contributed by atoms with E-state index in [0.717, 1.165) is 29.1 Å². The minimum Gasteiger partial charge on any atom is -0.372 e. The maximum Gasteiger partial charge on any atom is 0.261 e. The van der Waals surface area contributed by atoms with Crippen molar-refractivity contribution in [2.45, 2.75) is 12.8 Å². The fraction of sp³-hybridized carbons (Fsp3) is 0.208. The van der Waals surface area contributed by atoms with Crippen molar-refractivity contribution in [2.24, 2.45) is 0 Å². The highest BCUT2D eigenvalue weighted by Gasteiger charge is 2.33. The van der Waals surface area contributed by atoms with Crippen molar-refractivity contribution < 1.29 is 14.4 Å². The van der Waals surface area contributed by atoms with Crippen LogP contribution in [0.2, 0.25) is 0 Å². The first-order valence-corrected chi connectivity index (χ1v) is 10.1. The van der Waals surface area contributed by atoms with Crippen LogP contribution in [0.25, 0.3) is 10.8 Å². The SMILES string of the molecule is O=C(CN1C(=O)c2cccc3cccc(c23)C1=O)Nc1ccc(N2CCCC2)cc1. The van der Waals surface area contributed by atoms with Gasteiger partial charge in [-0.15, -0.1) is 0 Å². The Morgan fingerprint density at radius 3 is 2.03 bits per heavy atom. The summed E-state index contributed by atoms with van der Waals surface area (Å²) in [7, 11) is 0. The van der Waals surface area contributed by atoms with Crippen molar-refractivity contribution in [1.29, 1.82) is 0 Å². The highest BCUT2D eigenvalue weighted by molar-refractivity contribution is 6.26. The Balaban J connectivity index is 1.32. The molecule has 0 spiro atoms. The summed E-state index contributed by atoms with van der Waals surface area (Å²) < 4.78 is 0. The lowest BCUT2D eigenvalue weighted by Gasteiger charge is -2.26. The predicted octanol–water partition coefficient (Wildman–Crippen LogP) is 3.67. The number of carbonyl (C=O) groups excluding carboxylic acids is 3. The van der Waals surface area contributed by atoms with Crippen molar-refractivity contribution in [1.82, 2.24) is 4.90 Å². The summed E-state index contributed by atoms with van der Waals surface area (Å²) in [6.45, 7) is 1.79. The van der Waals surface area contributed by atoms with Crippen molar-refractivity contribution >= 4 is 39.9 Å². The minimum atomic E-state index is -0.441. The molecule has 2 aliphatic heterocycles. The summed E-state index contributed by atoms with van der Waals surface area (Å²) in [6.07, 6.45) is 2.40. The van der Waals surface area contributed by atoms with Gasteiger partial charge >= 0.3 is 0 Å². The smallest absolute Gasteiger partial charge is 0.261 e. The molecule has 5 rings (SSSR count). The van der Waals surface area contributed by atoms with Crippen LogP contribution in [0.3, 0.4) is 0 Å². The largest absolute Gasteiger partial charge is 0.372 e. The zero-order valence-electron chi connectivity index (χ0n) is 16.4. The Labute approximate surface area is 174 Å². The van der Waals surface area contributed by atoms with Gasteiger partial charge in [0.05, 0.1) is 0 Å². The Bertz CT molecular complexity index is 1110. The van der Waals surface area contributed by atoms with E-state index in [-0.39, 0.29) is 6.54 Å². The van der Waals surface area contributed by atoms with Crippen LogP contribution in [-0.2, 0) is 4.79 Å². The van der Waals surface area contributed by atoms with E-state index >= 15 is 0 Å². The quantitative estimate of drug-likeness (QED) is 0.680. The highest BCUT2D eigenvalue weighted by atomic mass is 16.2. The Morgan fingerprint density at radius 2 is 1.43 bits per heavy atom. The van der Waals surface area contributed by atoms with Crippen LogP contribution in [0, 0.1) is 0 Å². The van der Waals surface area contributed by atoms with Gasteiger partial charge in [0.25, 0.3) is 11.8 Å². The van der Waals surface area contributed by atoms with Gasteiger partial charge in [0.1, 0.15) is 6.54 Å². The number of rotatable bonds is 4. The van der Waals surface area contributed by atoms with Gasteiger partial charge in [-0.3, -0.25) is 19.3 Å². The summed E-state index contributed by atoms with van der Waals surface area (Å²) in [5.41, 5.74) is 2.68. The van der Waals surface area contributed by atoms with E-state index in [2.05, 4.69) is 10.2 Å². The molecule has 0 atom stereocenters. The molecule has 0 radical (unpaired) electrons. The number of hydrogen-bond acceptors (Lipinski definition) is 4. The maximum absolute atomic E-state index is 12.9. The fourth-order valence-electron chi connectivity index (χ4n) is 4.30. The molecule has 0 bridgehead atoms. The normalized spacial score (nSPS) is 15.7. The van der Waals surface area contributed by atoms with E-state index in [9.17, 15) is 14.4 Å². The first-order valence-electron chi connectivity index (χ1n) is 10.1. The molecule has 6 heteroatoms. The summed E-state index contributed by atoms with van der Waals surface area (Å²) in [6, 6.07) is 18.4. The van der Waals surface area contributed by atoms with Gasteiger partial charge in [-0.1, -0.05) is 24.3 Å². The van der Waals surface area contributed by atoms with Crippen LogP contribution in [0.15, 0.2) is 60.7 Å². The second-order valence-electron chi connectivity index (χ2n) is 7.69. The number of nitrogens with zero attached hydrogens (tertiary/aromatic N) is 2. The molecule has 1 saturated heterocycles. The summed E-state index contributed by atoms with van der Waals surface area (Å²) >= 11 is 0. The van der Waals surface area contributed by atoms with Crippen LogP contribution in [0.1, 0.15) is 33.6 Å². The van der Waals surface area contributed by atoms with Crippen molar-refractivity contribution in [3.05, 3.63) is 71.8 Å². The van der Waals surface area contributed by atoms with E-state index in [1.807, 2.05) is 36.4 Å². The standard InChI is InChI=1S/C24H21N3O3/c28-21(25-17-9-11-18(12-10-17)26-13-1-2-14-26)15-27-23(29)19-7-3-5-16-6-4-8-20(22(16)19)24(27)30/h3-12H,1-2,13-15H2,(H,25,28). The number of anilines is 2. The lowest BCUT2D eigenvalue weighted by atomic mass is 9.94. The second kappa shape index (κ2) is 7.30. The molecule has 1 fully saturated rings. The molecule has 1 N–H and O–H groups in total. The minimum absolute atomic E-state index is 0.323. The molecule has 150 valence electrons. The fourth-order valence-corrected chi connectivity index (χ4v) is 4.30. The number of carbonyl (C=O) groups is 3. The summed E-state index contributed by atoms with van der Waals surface area (Å²) in [5.74, 6) is -1.29. The number of benzene rings is 3. The van der Waals surface area contributed by atoms with Crippen LogP contribution >= 0.6 is 0 Å². The van der Waals surface area contributed by atoms with Crippen LogP contribution in [-0.4, -0.2) is 42.3 Å². The molecule has 3 aromatic carbocycles. The van der Waals surface area contributed by atoms with Crippen molar-refractivity contribution in [3.63, 3.8) is 0 Å². The average molecular weight is 399 g/mol. The lowest BCUT2D eigenvalue weighted by molar-refractivity contribution is -0.116. The third-order valence-corrected chi connectivity index (χ3v) is 5.78. The topological polar surface area (TPSA) is 69.7 Å². The van der Waals surface area contributed by atoms with Gasteiger partial charge in [0, 0.05) is 41.0 Å². The zero-order valence-corrected chi connectivity index (χ0v) is 16.4. The summed E-state index contributed by atoms with van der Waals surface area (Å²) in [4.78, 5) is 41.8. The lowest BCUT2D eigenvalue weighted by Crippen LogP contribution is -2.44. The molecule has 3 aromatic rings. The Morgan fingerprint density at radius 1 is 0.833 bits per heavy atom. The van der Waals surface area contributed by atoms with Gasteiger partial charge in [-0.25, -0.2) is 0 Å². The molecule has 30 heavy (non-hydrogen) atoms. The molecule has 0 aromatic heterocycles. The first-order chi connectivity index (χ1) is 14.6. The average Bonchev–Trinajstić information content (AvgIpc) is 3.30. The van der Waals surface area contributed by atoms with Crippen LogP contribution in [0.5, 0.6) is 0 Å². The number of hydrogen-bond donors (Lipinski definition) is 1. The third-order valence-electron chi connectivity index (χ3n) is 5.78. The van der Waals surface area contributed by atoms with E-state index in [1.165, 1.54) is 12.8 Å². The molecule has 0 aliphatic carbocycles. The van der Waals surface area contributed by atoms with Gasteiger partial charge in [0.15, 0.2) is 0 Å². The van der Waals surface area contributed by atoms with Gasteiger partial charge in [-0.2, -0.15) is 0 Å².